The van der Waals surface area contributed by atoms with Crippen molar-refractivity contribution in [1.29, 1.82) is 0 Å². The van der Waals surface area contributed by atoms with E-state index in [1.54, 1.807) is 62.8 Å². The molecule has 0 fully saturated rings. The monoisotopic (exact) mass is 385 g/mol. The first kappa shape index (κ1) is 21.3. The van der Waals surface area contributed by atoms with Gasteiger partial charge in [-0.15, -0.1) is 0 Å². The highest BCUT2D eigenvalue weighted by atomic mass is 16.5. The Bertz CT molecular complexity index is 812. The van der Waals surface area contributed by atoms with Crippen LogP contribution < -0.4 is 14.2 Å². The van der Waals surface area contributed by atoms with Gasteiger partial charge in [0.1, 0.15) is 5.75 Å². The van der Waals surface area contributed by atoms with Crippen LogP contribution in [-0.4, -0.2) is 57.4 Å². The number of carbonyl (C=O) groups is 1. The summed E-state index contributed by atoms with van der Waals surface area (Å²) in [6, 6.07) is 12.3. The maximum atomic E-state index is 11.8. The molecule has 0 aliphatic carbocycles. The number of benzene rings is 2. The lowest BCUT2D eigenvalue weighted by atomic mass is 10.0. The molecule has 2 rings (SSSR count). The zero-order valence-electron chi connectivity index (χ0n) is 16.8. The van der Waals surface area contributed by atoms with Crippen LogP contribution in [0.5, 0.6) is 17.2 Å². The van der Waals surface area contributed by atoms with Crippen LogP contribution in [0.3, 0.4) is 0 Å². The molecule has 1 N–H and O–H groups in total. The van der Waals surface area contributed by atoms with Crippen molar-refractivity contribution in [3.8, 4) is 17.2 Å². The molecule has 0 heterocycles. The Labute approximate surface area is 166 Å². The number of ether oxygens (including phenoxy) is 3. The van der Waals surface area contributed by atoms with Gasteiger partial charge in [0.25, 0.3) is 0 Å². The highest BCUT2D eigenvalue weighted by Crippen LogP contribution is 2.30. The van der Waals surface area contributed by atoms with Crippen LogP contribution in [0.25, 0.3) is 11.6 Å². The Kier molecular flexibility index (Phi) is 7.89. The summed E-state index contributed by atoms with van der Waals surface area (Å²) in [5.74, 6) is 0.874. The minimum Gasteiger partial charge on any atom is -0.497 e. The third-order valence-electron chi connectivity index (χ3n) is 4.14. The molecule has 0 aliphatic heterocycles. The van der Waals surface area contributed by atoms with Crippen molar-refractivity contribution in [3.05, 3.63) is 53.6 Å². The van der Waals surface area contributed by atoms with Gasteiger partial charge in [0.15, 0.2) is 11.5 Å². The molecule has 2 aromatic carbocycles. The summed E-state index contributed by atoms with van der Waals surface area (Å²) in [5, 5.41) is 9.65. The molecule has 0 aliphatic rings. The Morgan fingerprint density at radius 1 is 1.04 bits per heavy atom. The fourth-order valence-corrected chi connectivity index (χ4v) is 2.66. The predicted octanol–water partition coefficient (Wildman–Crippen LogP) is 3.66. The van der Waals surface area contributed by atoms with E-state index in [0.717, 1.165) is 18.5 Å². The molecule has 28 heavy (non-hydrogen) atoms. The van der Waals surface area contributed by atoms with Crippen molar-refractivity contribution in [2.75, 3.05) is 41.5 Å². The fraction of sp³-hybridized carbons (Fsp3) is 0.318. The maximum absolute atomic E-state index is 11.8. The van der Waals surface area contributed by atoms with E-state index in [1.807, 2.05) is 14.1 Å². The molecule has 0 atom stereocenters. The fourth-order valence-electron chi connectivity index (χ4n) is 2.66. The van der Waals surface area contributed by atoms with Crippen molar-refractivity contribution in [3.63, 3.8) is 0 Å². The summed E-state index contributed by atoms with van der Waals surface area (Å²) in [4.78, 5) is 13.9. The van der Waals surface area contributed by atoms with E-state index in [4.69, 9.17) is 14.2 Å². The van der Waals surface area contributed by atoms with Gasteiger partial charge in [-0.3, -0.25) is 0 Å². The van der Waals surface area contributed by atoms with Crippen molar-refractivity contribution in [2.45, 2.75) is 6.42 Å². The van der Waals surface area contributed by atoms with Gasteiger partial charge in [-0.05, 0) is 62.0 Å². The number of nitrogens with zero attached hydrogens (tertiary/aromatic N) is 1. The number of carboxylic acids is 1. The summed E-state index contributed by atoms with van der Waals surface area (Å²) >= 11 is 0. The highest BCUT2D eigenvalue weighted by Gasteiger charge is 2.12. The number of aliphatic carboxylic acids is 1. The number of methoxy groups -OCH3 is 2. The van der Waals surface area contributed by atoms with Crippen LogP contribution in [0.2, 0.25) is 0 Å². The molecule has 150 valence electrons. The number of carboxylic acid groups (broad SMARTS) is 1. The van der Waals surface area contributed by atoms with Gasteiger partial charge in [-0.1, -0.05) is 18.2 Å². The molecule has 0 radical (unpaired) electrons. The minimum atomic E-state index is -1.01. The molecule has 6 nitrogen and oxygen atoms in total. The zero-order valence-corrected chi connectivity index (χ0v) is 16.8. The van der Waals surface area contributed by atoms with Gasteiger partial charge in [-0.2, -0.15) is 0 Å². The molecule has 0 saturated carbocycles. The van der Waals surface area contributed by atoms with Crippen LogP contribution in [-0.2, 0) is 4.79 Å². The van der Waals surface area contributed by atoms with Crippen LogP contribution in [0.4, 0.5) is 0 Å². The van der Waals surface area contributed by atoms with Gasteiger partial charge in [0.2, 0.25) is 0 Å². The molecular weight excluding hydrogens is 358 g/mol. The molecule has 0 amide bonds. The van der Waals surface area contributed by atoms with E-state index >= 15 is 0 Å². The second-order valence-electron chi connectivity index (χ2n) is 6.51. The third-order valence-corrected chi connectivity index (χ3v) is 4.14. The van der Waals surface area contributed by atoms with E-state index in [2.05, 4.69) is 4.90 Å². The van der Waals surface area contributed by atoms with E-state index in [1.165, 1.54) is 0 Å². The molecule has 0 aromatic heterocycles. The minimum absolute atomic E-state index is 0.186. The van der Waals surface area contributed by atoms with Gasteiger partial charge in [0.05, 0.1) is 26.4 Å². The average Bonchev–Trinajstić information content (AvgIpc) is 2.69. The molecule has 2 aromatic rings. The Morgan fingerprint density at radius 2 is 1.75 bits per heavy atom. The van der Waals surface area contributed by atoms with Crippen molar-refractivity contribution in [1.82, 2.24) is 4.90 Å². The molecule has 6 heteroatoms. The molecule has 0 unspecified atom stereocenters. The molecular formula is C22H27NO5. The zero-order chi connectivity index (χ0) is 20.5. The summed E-state index contributed by atoms with van der Waals surface area (Å²) < 4.78 is 16.3. The van der Waals surface area contributed by atoms with Crippen LogP contribution in [0.1, 0.15) is 17.5 Å². The van der Waals surface area contributed by atoms with Crippen molar-refractivity contribution >= 4 is 17.6 Å². The van der Waals surface area contributed by atoms with Crippen LogP contribution >= 0.6 is 0 Å². The Morgan fingerprint density at radius 3 is 2.32 bits per heavy atom. The summed E-state index contributed by atoms with van der Waals surface area (Å²) in [7, 11) is 7.18. The topological polar surface area (TPSA) is 68.2 Å². The summed E-state index contributed by atoms with van der Waals surface area (Å²) in [5.41, 5.74) is 1.50. The number of hydrogen-bond donors (Lipinski definition) is 1. The first-order valence-corrected chi connectivity index (χ1v) is 8.99. The lowest BCUT2D eigenvalue weighted by molar-refractivity contribution is -0.130. The first-order valence-electron chi connectivity index (χ1n) is 8.99. The second-order valence-corrected chi connectivity index (χ2v) is 6.51. The van der Waals surface area contributed by atoms with E-state index < -0.39 is 5.97 Å². The van der Waals surface area contributed by atoms with Crippen molar-refractivity contribution in [2.24, 2.45) is 0 Å². The normalized spacial score (nSPS) is 11.4. The molecule has 0 bridgehead atoms. The smallest absolute Gasteiger partial charge is 0.336 e. The van der Waals surface area contributed by atoms with Crippen LogP contribution in [0, 0.1) is 0 Å². The lowest BCUT2D eigenvalue weighted by Crippen LogP contribution is -2.15. The summed E-state index contributed by atoms with van der Waals surface area (Å²) in [6.07, 6.45) is 2.50. The quantitative estimate of drug-likeness (QED) is 0.382. The van der Waals surface area contributed by atoms with Crippen molar-refractivity contribution < 1.29 is 24.1 Å². The van der Waals surface area contributed by atoms with Gasteiger partial charge in [0, 0.05) is 6.54 Å². The van der Waals surface area contributed by atoms with Gasteiger partial charge >= 0.3 is 5.97 Å². The second kappa shape index (κ2) is 10.4. The average molecular weight is 385 g/mol. The van der Waals surface area contributed by atoms with E-state index in [0.29, 0.717) is 29.4 Å². The van der Waals surface area contributed by atoms with Crippen LogP contribution in [0.15, 0.2) is 42.5 Å². The first-order chi connectivity index (χ1) is 13.4. The third kappa shape index (κ3) is 6.03. The number of rotatable bonds is 10. The maximum Gasteiger partial charge on any atom is 0.336 e. The highest BCUT2D eigenvalue weighted by molar-refractivity contribution is 6.20. The molecule has 0 spiro atoms. The Hall–Kier alpha value is -2.99. The predicted molar refractivity (Wildman–Crippen MR) is 110 cm³/mol. The number of hydrogen-bond acceptors (Lipinski definition) is 5. The standard InChI is InChI=1S/C22H27NO5/c1-23(2)12-5-13-28-21-15-16(6-11-20(21)27-4)14-19(22(24)25)17-7-9-18(26-3)10-8-17/h6-11,14-15H,5,12-13H2,1-4H3,(H,24,25)/b19-14-. The van der Waals surface area contributed by atoms with Gasteiger partial charge < -0.3 is 24.2 Å². The Balaban J connectivity index is 2.27. The van der Waals surface area contributed by atoms with E-state index in [-0.39, 0.29) is 5.57 Å². The van der Waals surface area contributed by atoms with Gasteiger partial charge in [-0.25, -0.2) is 4.79 Å². The SMILES string of the molecule is COc1ccc(/C(=C/c2ccc(OC)c(OCCCN(C)C)c2)C(=O)O)cc1. The lowest BCUT2D eigenvalue weighted by Gasteiger charge is -2.13. The largest absolute Gasteiger partial charge is 0.497 e. The van der Waals surface area contributed by atoms with E-state index in [9.17, 15) is 9.90 Å². The molecule has 0 saturated heterocycles. The summed E-state index contributed by atoms with van der Waals surface area (Å²) in [6.45, 7) is 1.47.